The zero-order valence-corrected chi connectivity index (χ0v) is 14.2. The molecule has 1 aliphatic rings. The van der Waals surface area contributed by atoms with E-state index in [1.165, 1.54) is 5.56 Å². The molecule has 0 saturated heterocycles. The average molecular weight is 350 g/mol. The van der Waals surface area contributed by atoms with Crippen LogP contribution in [0.1, 0.15) is 16.1 Å². The van der Waals surface area contributed by atoms with Gasteiger partial charge in [0.15, 0.2) is 0 Å². The number of carbonyl (C=O) groups is 1. The summed E-state index contributed by atoms with van der Waals surface area (Å²) in [6.45, 7) is 0.689. The maximum Gasteiger partial charge on any atom is 0.276 e. The minimum Gasteiger partial charge on any atom is -0.355 e. The summed E-state index contributed by atoms with van der Waals surface area (Å²) < 4.78 is 0. The maximum absolute atomic E-state index is 12.9. The first-order valence-electron chi connectivity index (χ1n) is 8.09. The zero-order chi connectivity index (χ0) is 17.2. The van der Waals surface area contributed by atoms with Gasteiger partial charge in [0.2, 0.25) is 0 Å². The first kappa shape index (κ1) is 15.7. The van der Waals surface area contributed by atoms with E-state index in [1.54, 1.807) is 17.2 Å². The van der Waals surface area contributed by atoms with E-state index in [2.05, 4.69) is 16.4 Å². The van der Waals surface area contributed by atoms with Gasteiger partial charge in [0.25, 0.3) is 5.91 Å². The molecule has 124 valence electrons. The molecule has 2 heterocycles. The Morgan fingerprint density at radius 3 is 2.68 bits per heavy atom. The Hall–Kier alpha value is -2.85. The van der Waals surface area contributed by atoms with Crippen molar-refractivity contribution in [2.24, 2.45) is 0 Å². The van der Waals surface area contributed by atoms with Crippen molar-refractivity contribution in [2.75, 3.05) is 16.8 Å². The molecular formula is C20H16ClN3O. The lowest BCUT2D eigenvalue weighted by atomic mass is 10.2. The Labute approximate surface area is 151 Å². The number of hydrogen-bond donors (Lipinski definition) is 1. The molecule has 0 saturated carbocycles. The number of pyridine rings is 1. The lowest BCUT2D eigenvalue weighted by Gasteiger charge is -2.17. The molecule has 1 aliphatic heterocycles. The number of para-hydroxylation sites is 1. The van der Waals surface area contributed by atoms with Crippen LogP contribution in [-0.4, -0.2) is 17.4 Å². The fraction of sp³-hybridized carbons (Fsp3) is 0.100. The highest BCUT2D eigenvalue weighted by Gasteiger charge is 2.25. The van der Waals surface area contributed by atoms with E-state index in [0.29, 0.717) is 17.3 Å². The van der Waals surface area contributed by atoms with Gasteiger partial charge in [0.05, 0.1) is 0 Å². The fourth-order valence-corrected chi connectivity index (χ4v) is 3.14. The predicted molar refractivity (Wildman–Crippen MR) is 101 cm³/mol. The number of anilines is 3. The highest BCUT2D eigenvalue weighted by molar-refractivity contribution is 6.30. The van der Waals surface area contributed by atoms with E-state index in [1.807, 2.05) is 48.5 Å². The number of nitrogens with zero attached hydrogens (tertiary/aromatic N) is 2. The van der Waals surface area contributed by atoms with Crippen LogP contribution in [0.3, 0.4) is 0 Å². The Morgan fingerprint density at radius 2 is 1.84 bits per heavy atom. The molecule has 25 heavy (non-hydrogen) atoms. The Kier molecular flexibility index (Phi) is 4.12. The highest BCUT2D eigenvalue weighted by atomic mass is 35.5. The number of hydrogen-bond acceptors (Lipinski definition) is 3. The number of benzene rings is 2. The van der Waals surface area contributed by atoms with Gasteiger partial charge in [-0.15, -0.1) is 0 Å². The van der Waals surface area contributed by atoms with Crippen molar-refractivity contribution in [1.82, 2.24) is 4.98 Å². The van der Waals surface area contributed by atoms with Crippen molar-refractivity contribution in [3.05, 3.63) is 83.1 Å². The van der Waals surface area contributed by atoms with E-state index >= 15 is 0 Å². The van der Waals surface area contributed by atoms with Gasteiger partial charge >= 0.3 is 0 Å². The van der Waals surface area contributed by atoms with Gasteiger partial charge < -0.3 is 10.2 Å². The van der Waals surface area contributed by atoms with Crippen LogP contribution < -0.4 is 10.2 Å². The topological polar surface area (TPSA) is 45.2 Å². The second kappa shape index (κ2) is 6.57. The Bertz CT molecular complexity index is 924. The number of halogens is 1. The van der Waals surface area contributed by atoms with Crippen molar-refractivity contribution in [3.63, 3.8) is 0 Å². The fourth-order valence-electron chi connectivity index (χ4n) is 3.01. The molecule has 1 amide bonds. The van der Waals surface area contributed by atoms with Crippen LogP contribution >= 0.6 is 11.6 Å². The van der Waals surface area contributed by atoms with Crippen molar-refractivity contribution in [1.29, 1.82) is 0 Å². The summed E-state index contributed by atoms with van der Waals surface area (Å²) in [7, 11) is 0. The molecule has 0 bridgehead atoms. The van der Waals surface area contributed by atoms with E-state index in [4.69, 9.17) is 11.6 Å². The van der Waals surface area contributed by atoms with Crippen molar-refractivity contribution >= 4 is 34.6 Å². The quantitative estimate of drug-likeness (QED) is 0.746. The first-order valence-corrected chi connectivity index (χ1v) is 8.47. The Morgan fingerprint density at radius 1 is 1.04 bits per heavy atom. The highest BCUT2D eigenvalue weighted by Crippen LogP contribution is 2.29. The molecular weight excluding hydrogens is 334 g/mol. The van der Waals surface area contributed by atoms with E-state index in [9.17, 15) is 4.79 Å². The summed E-state index contributed by atoms with van der Waals surface area (Å²) in [5.74, 6) is -0.0790. The van der Waals surface area contributed by atoms with Crippen LogP contribution in [0.2, 0.25) is 5.02 Å². The average Bonchev–Trinajstić information content (AvgIpc) is 3.07. The number of amides is 1. The molecule has 0 radical (unpaired) electrons. The first-order chi connectivity index (χ1) is 12.2. The van der Waals surface area contributed by atoms with E-state index in [-0.39, 0.29) is 5.91 Å². The SMILES string of the molecule is O=C(c1cc(Nc2ccc(Cl)cc2)ccn1)N1CCc2ccccc21. The summed E-state index contributed by atoms with van der Waals surface area (Å²) in [5, 5.41) is 3.95. The minimum absolute atomic E-state index is 0.0790. The maximum atomic E-state index is 12.9. The minimum atomic E-state index is -0.0790. The van der Waals surface area contributed by atoms with E-state index < -0.39 is 0 Å². The second-order valence-electron chi connectivity index (χ2n) is 5.90. The van der Waals surface area contributed by atoms with Crippen LogP contribution in [0.25, 0.3) is 0 Å². The summed E-state index contributed by atoms with van der Waals surface area (Å²) in [5.41, 5.74) is 4.32. The molecule has 4 nitrogen and oxygen atoms in total. The van der Waals surface area contributed by atoms with Crippen LogP contribution in [0.4, 0.5) is 17.1 Å². The molecule has 0 fully saturated rings. The lowest BCUT2D eigenvalue weighted by Crippen LogP contribution is -2.29. The van der Waals surface area contributed by atoms with E-state index in [0.717, 1.165) is 23.5 Å². The summed E-state index contributed by atoms with van der Waals surface area (Å²) in [6, 6.07) is 19.0. The van der Waals surface area contributed by atoms with Crippen LogP contribution in [0.5, 0.6) is 0 Å². The van der Waals surface area contributed by atoms with Gasteiger partial charge in [-0.2, -0.15) is 0 Å². The molecule has 5 heteroatoms. The molecule has 0 unspecified atom stereocenters. The van der Waals surface area contributed by atoms with Gasteiger partial charge in [0, 0.05) is 34.8 Å². The molecule has 0 atom stereocenters. The third kappa shape index (κ3) is 3.21. The molecule has 0 spiro atoms. The number of fused-ring (bicyclic) bond motifs is 1. The molecule has 1 N–H and O–H groups in total. The number of aromatic nitrogens is 1. The second-order valence-corrected chi connectivity index (χ2v) is 6.33. The monoisotopic (exact) mass is 349 g/mol. The number of nitrogens with one attached hydrogen (secondary N) is 1. The van der Waals surface area contributed by atoms with Gasteiger partial charge in [0.1, 0.15) is 5.69 Å². The molecule has 0 aliphatic carbocycles. The number of carbonyl (C=O) groups excluding carboxylic acids is 1. The normalized spacial score (nSPS) is 12.8. The van der Waals surface area contributed by atoms with Crippen molar-refractivity contribution in [3.8, 4) is 0 Å². The lowest BCUT2D eigenvalue weighted by molar-refractivity contribution is 0.0984. The van der Waals surface area contributed by atoms with Crippen LogP contribution in [0.15, 0.2) is 66.9 Å². The molecule has 3 aromatic rings. The summed E-state index contributed by atoms with van der Waals surface area (Å²) in [4.78, 5) is 18.9. The van der Waals surface area contributed by atoms with Gasteiger partial charge in [-0.25, -0.2) is 0 Å². The third-order valence-electron chi connectivity index (χ3n) is 4.24. The van der Waals surface area contributed by atoms with Crippen molar-refractivity contribution in [2.45, 2.75) is 6.42 Å². The van der Waals surface area contributed by atoms with Crippen LogP contribution in [0, 0.1) is 0 Å². The third-order valence-corrected chi connectivity index (χ3v) is 4.50. The predicted octanol–water partition coefficient (Wildman–Crippen LogP) is 4.68. The Balaban J connectivity index is 1.57. The molecule has 2 aromatic carbocycles. The number of rotatable bonds is 3. The smallest absolute Gasteiger partial charge is 0.276 e. The summed E-state index contributed by atoms with van der Waals surface area (Å²) in [6.07, 6.45) is 2.53. The van der Waals surface area contributed by atoms with Gasteiger partial charge in [-0.1, -0.05) is 29.8 Å². The van der Waals surface area contributed by atoms with Gasteiger partial charge in [-0.3, -0.25) is 9.78 Å². The van der Waals surface area contributed by atoms with Crippen molar-refractivity contribution < 1.29 is 4.79 Å². The molecule has 4 rings (SSSR count). The zero-order valence-electron chi connectivity index (χ0n) is 13.4. The van der Waals surface area contributed by atoms with Crippen LogP contribution in [-0.2, 0) is 6.42 Å². The van der Waals surface area contributed by atoms with Gasteiger partial charge in [-0.05, 0) is 54.4 Å². The standard InChI is InChI=1S/C20H16ClN3O/c21-15-5-7-16(8-6-15)23-17-9-11-22-18(13-17)20(25)24-12-10-14-3-1-2-4-19(14)24/h1-9,11,13H,10,12H2,(H,22,23). The summed E-state index contributed by atoms with van der Waals surface area (Å²) >= 11 is 5.91. The molecule has 1 aromatic heterocycles. The largest absolute Gasteiger partial charge is 0.355 e.